The Hall–Kier alpha value is -1.03. The fourth-order valence-corrected chi connectivity index (χ4v) is 1.05. The first kappa shape index (κ1) is 8.07. The van der Waals surface area contributed by atoms with Crippen molar-refractivity contribution in [3.8, 4) is 0 Å². The molecule has 0 amide bonds. The largest absolute Gasteiger partial charge is 0.387 e. The Labute approximate surface area is 69.5 Å². The summed E-state index contributed by atoms with van der Waals surface area (Å²) in [5, 5.41) is 11.5. The molecule has 0 aromatic carbocycles. The highest BCUT2D eigenvalue weighted by Gasteiger charge is 2.06. The van der Waals surface area contributed by atoms with Crippen molar-refractivity contribution in [3.63, 3.8) is 0 Å². The van der Waals surface area contributed by atoms with E-state index in [-0.39, 0.29) is 5.84 Å². The molecule has 1 rings (SSSR count). The maximum Gasteiger partial charge on any atom is 0.0966 e. The van der Waals surface area contributed by atoms with Crippen molar-refractivity contribution in [2.24, 2.45) is 12.8 Å². The zero-order valence-electron chi connectivity index (χ0n) is 6.13. The molecule has 1 aromatic rings. The Bertz CT molecular complexity index is 259. The van der Waals surface area contributed by atoms with Crippen LogP contribution in [0.4, 0.5) is 0 Å². The molecular formula is C6H9ClN4. The van der Waals surface area contributed by atoms with E-state index < -0.39 is 0 Å². The van der Waals surface area contributed by atoms with Gasteiger partial charge in [-0.25, -0.2) is 0 Å². The standard InChI is InChI=1S/C6H9ClN4/c1-11-5(2-6(8)9)4(7)3-10-11/h3H,2H2,1H3,(H3,8,9). The van der Waals surface area contributed by atoms with Crippen LogP contribution < -0.4 is 5.73 Å². The lowest BCUT2D eigenvalue weighted by Crippen LogP contribution is -2.15. The van der Waals surface area contributed by atoms with Gasteiger partial charge in [-0.15, -0.1) is 0 Å². The molecule has 4 nitrogen and oxygen atoms in total. The highest BCUT2D eigenvalue weighted by molar-refractivity contribution is 6.31. The van der Waals surface area contributed by atoms with Crippen LogP contribution in [0, 0.1) is 5.41 Å². The first-order chi connectivity index (χ1) is 5.11. The normalized spacial score (nSPS) is 10.0. The van der Waals surface area contributed by atoms with Gasteiger partial charge in [-0.2, -0.15) is 5.10 Å². The molecule has 1 aromatic heterocycles. The monoisotopic (exact) mass is 172 g/mol. The number of hydrogen-bond acceptors (Lipinski definition) is 2. The van der Waals surface area contributed by atoms with Gasteiger partial charge in [0.2, 0.25) is 0 Å². The first-order valence-electron chi connectivity index (χ1n) is 3.10. The minimum absolute atomic E-state index is 0.0931. The molecule has 5 heteroatoms. The summed E-state index contributed by atoms with van der Waals surface area (Å²) >= 11 is 5.75. The predicted molar refractivity (Wildman–Crippen MR) is 43.8 cm³/mol. The van der Waals surface area contributed by atoms with Crippen LogP contribution in [-0.4, -0.2) is 15.6 Å². The van der Waals surface area contributed by atoms with E-state index in [1.165, 1.54) is 0 Å². The summed E-state index contributed by atoms with van der Waals surface area (Å²) < 4.78 is 1.61. The van der Waals surface area contributed by atoms with Crippen molar-refractivity contribution < 1.29 is 0 Å². The fraction of sp³-hybridized carbons (Fsp3) is 0.333. The molecule has 0 saturated carbocycles. The highest BCUT2D eigenvalue weighted by Crippen LogP contribution is 2.13. The average molecular weight is 173 g/mol. The van der Waals surface area contributed by atoms with Crippen molar-refractivity contribution in [3.05, 3.63) is 16.9 Å². The zero-order chi connectivity index (χ0) is 8.43. The van der Waals surface area contributed by atoms with Gasteiger partial charge >= 0.3 is 0 Å². The smallest absolute Gasteiger partial charge is 0.0966 e. The average Bonchev–Trinajstić information content (AvgIpc) is 2.18. The van der Waals surface area contributed by atoms with Gasteiger partial charge in [-0.05, 0) is 0 Å². The third-order valence-corrected chi connectivity index (χ3v) is 1.68. The Balaban J connectivity index is 2.92. The third kappa shape index (κ3) is 1.71. The second kappa shape index (κ2) is 2.92. The Morgan fingerprint density at radius 3 is 2.91 bits per heavy atom. The Morgan fingerprint density at radius 2 is 2.55 bits per heavy atom. The van der Waals surface area contributed by atoms with Gasteiger partial charge in [-0.3, -0.25) is 10.1 Å². The van der Waals surface area contributed by atoms with Crippen LogP contribution in [0.5, 0.6) is 0 Å². The van der Waals surface area contributed by atoms with Crippen molar-refractivity contribution >= 4 is 17.4 Å². The zero-order valence-corrected chi connectivity index (χ0v) is 6.89. The summed E-state index contributed by atoms with van der Waals surface area (Å²) in [6.45, 7) is 0. The van der Waals surface area contributed by atoms with E-state index in [2.05, 4.69) is 5.10 Å². The molecule has 0 radical (unpaired) electrons. The summed E-state index contributed by atoms with van der Waals surface area (Å²) in [7, 11) is 1.77. The molecule has 60 valence electrons. The van der Waals surface area contributed by atoms with Gasteiger partial charge in [0.15, 0.2) is 0 Å². The van der Waals surface area contributed by atoms with E-state index in [1.54, 1.807) is 17.9 Å². The lowest BCUT2D eigenvalue weighted by atomic mass is 10.3. The molecule has 0 aliphatic heterocycles. The topological polar surface area (TPSA) is 67.7 Å². The molecule has 0 fully saturated rings. The van der Waals surface area contributed by atoms with E-state index >= 15 is 0 Å². The van der Waals surface area contributed by atoms with E-state index in [1.807, 2.05) is 0 Å². The van der Waals surface area contributed by atoms with Crippen molar-refractivity contribution in [2.45, 2.75) is 6.42 Å². The number of halogens is 1. The number of rotatable bonds is 2. The van der Waals surface area contributed by atoms with Crippen molar-refractivity contribution in [1.29, 1.82) is 5.41 Å². The second-order valence-corrected chi connectivity index (χ2v) is 2.67. The van der Waals surface area contributed by atoms with Gasteiger partial charge in [0, 0.05) is 13.5 Å². The first-order valence-corrected chi connectivity index (χ1v) is 3.48. The lowest BCUT2D eigenvalue weighted by Gasteiger charge is -1.99. The third-order valence-electron chi connectivity index (χ3n) is 1.37. The molecule has 0 aliphatic carbocycles. The fourth-order valence-electron chi connectivity index (χ4n) is 0.815. The van der Waals surface area contributed by atoms with Gasteiger partial charge in [0.25, 0.3) is 0 Å². The molecular weight excluding hydrogens is 164 g/mol. The van der Waals surface area contributed by atoms with E-state index in [0.29, 0.717) is 11.4 Å². The van der Waals surface area contributed by atoms with E-state index in [0.717, 1.165) is 5.69 Å². The van der Waals surface area contributed by atoms with Crippen molar-refractivity contribution in [2.75, 3.05) is 0 Å². The Morgan fingerprint density at radius 1 is 1.91 bits per heavy atom. The number of amidine groups is 1. The second-order valence-electron chi connectivity index (χ2n) is 2.26. The van der Waals surface area contributed by atoms with Crippen LogP contribution in [-0.2, 0) is 13.5 Å². The molecule has 0 aliphatic rings. The minimum atomic E-state index is 0.0931. The molecule has 0 atom stereocenters. The van der Waals surface area contributed by atoms with Crippen LogP contribution in [0.3, 0.4) is 0 Å². The number of nitrogens with two attached hydrogens (primary N) is 1. The van der Waals surface area contributed by atoms with Crippen molar-refractivity contribution in [1.82, 2.24) is 9.78 Å². The molecule has 3 N–H and O–H groups in total. The van der Waals surface area contributed by atoms with Gasteiger partial charge in [-0.1, -0.05) is 11.6 Å². The molecule has 0 bridgehead atoms. The maximum absolute atomic E-state index is 7.04. The molecule has 0 unspecified atom stereocenters. The SMILES string of the molecule is Cn1ncc(Cl)c1CC(=N)N. The van der Waals surface area contributed by atoms with Crippen LogP contribution in [0.2, 0.25) is 5.02 Å². The number of nitrogens with one attached hydrogen (secondary N) is 1. The minimum Gasteiger partial charge on any atom is -0.387 e. The van der Waals surface area contributed by atoms with Crippen LogP contribution in [0.15, 0.2) is 6.20 Å². The molecule has 1 heterocycles. The maximum atomic E-state index is 7.04. The molecule has 0 spiro atoms. The Kier molecular flexibility index (Phi) is 2.14. The number of aromatic nitrogens is 2. The number of aryl methyl sites for hydroxylation is 1. The van der Waals surface area contributed by atoms with Crippen LogP contribution >= 0.6 is 11.6 Å². The quantitative estimate of drug-likeness (QED) is 0.506. The summed E-state index contributed by atoms with van der Waals surface area (Å²) in [5.41, 5.74) is 5.98. The van der Waals surface area contributed by atoms with Gasteiger partial charge in [0.05, 0.1) is 22.7 Å². The van der Waals surface area contributed by atoms with Crippen LogP contribution in [0.25, 0.3) is 0 Å². The summed E-state index contributed by atoms with van der Waals surface area (Å²) in [6, 6.07) is 0. The lowest BCUT2D eigenvalue weighted by molar-refractivity contribution is 0.730. The molecule has 0 saturated heterocycles. The predicted octanol–water partition coefficient (Wildman–Crippen LogP) is 0.552. The summed E-state index contributed by atoms with van der Waals surface area (Å²) in [5.74, 6) is 0.0931. The van der Waals surface area contributed by atoms with E-state index in [9.17, 15) is 0 Å². The summed E-state index contributed by atoms with van der Waals surface area (Å²) in [6.07, 6.45) is 1.90. The highest BCUT2D eigenvalue weighted by atomic mass is 35.5. The van der Waals surface area contributed by atoms with Gasteiger partial charge in [0.1, 0.15) is 0 Å². The van der Waals surface area contributed by atoms with E-state index in [4.69, 9.17) is 22.7 Å². The van der Waals surface area contributed by atoms with Crippen LogP contribution in [0.1, 0.15) is 5.69 Å². The number of nitrogens with zero attached hydrogens (tertiary/aromatic N) is 2. The summed E-state index contributed by atoms with van der Waals surface area (Å²) in [4.78, 5) is 0. The number of hydrogen-bond donors (Lipinski definition) is 2. The van der Waals surface area contributed by atoms with Gasteiger partial charge < -0.3 is 5.73 Å². The molecule has 11 heavy (non-hydrogen) atoms.